The van der Waals surface area contributed by atoms with Gasteiger partial charge in [-0.05, 0) is 0 Å². The molecule has 0 atom stereocenters. The number of halogens is 1. The summed E-state index contributed by atoms with van der Waals surface area (Å²) in [7, 11) is -2.44. The Balaban J connectivity index is 0.000000240. The van der Waals surface area contributed by atoms with Gasteiger partial charge in [-0.2, -0.15) is 0 Å². The summed E-state index contributed by atoms with van der Waals surface area (Å²) in [5, 5.41) is 5.10. The number of hydrogen-bond donors (Lipinski definition) is 1. The van der Waals surface area contributed by atoms with Crippen molar-refractivity contribution in [1.29, 1.82) is 0 Å². The average molecular weight is 432 g/mol. The molecule has 0 aliphatic heterocycles. The van der Waals surface area contributed by atoms with Gasteiger partial charge in [0.25, 0.3) is 9.05 Å². The summed E-state index contributed by atoms with van der Waals surface area (Å²) < 4.78 is 42.6. The molecule has 0 fully saturated rings. The van der Waals surface area contributed by atoms with Gasteiger partial charge >= 0.3 is 0 Å². The van der Waals surface area contributed by atoms with Crippen LogP contribution < -0.4 is 5.14 Å². The van der Waals surface area contributed by atoms with E-state index < -0.39 is 19.1 Å². The molecule has 2 N–H and O–H groups in total. The van der Waals surface area contributed by atoms with Gasteiger partial charge in [-0.15, -0.1) is 0 Å². The third kappa shape index (κ3) is 5.99. The Hall–Kier alpha value is -1.25. The molecule has 0 unspecified atom stereocenters. The molecule has 0 amide bonds. The number of sulfonamides is 1. The Labute approximate surface area is 150 Å². The number of rotatable bonds is 4. The van der Waals surface area contributed by atoms with Crippen LogP contribution in [0.4, 0.5) is 0 Å². The van der Waals surface area contributed by atoms with Gasteiger partial charge in [-0.25, -0.2) is 31.9 Å². The predicted octanol–water partition coefficient (Wildman–Crippen LogP) is 1.27. The molecule has 2 aromatic heterocycles. The van der Waals surface area contributed by atoms with Crippen molar-refractivity contribution in [1.82, 2.24) is 9.97 Å². The summed E-state index contributed by atoms with van der Waals surface area (Å²) in [5.74, 6) is -0.540. The first-order chi connectivity index (χ1) is 10.8. The maximum atomic E-state index is 10.7. The molecule has 0 bridgehead atoms. The van der Waals surface area contributed by atoms with E-state index >= 15 is 0 Å². The highest BCUT2D eigenvalue weighted by Gasteiger charge is 2.16. The van der Waals surface area contributed by atoms with E-state index in [2.05, 4.69) is 9.97 Å². The van der Waals surface area contributed by atoms with Crippen molar-refractivity contribution >= 4 is 64.0 Å². The van der Waals surface area contributed by atoms with E-state index in [4.69, 9.17) is 15.8 Å². The van der Waals surface area contributed by atoms with Crippen LogP contribution in [0, 0.1) is 0 Å². The zero-order chi connectivity index (χ0) is 18.7. The molecule has 0 saturated heterocycles. The number of nitrogens with two attached hydrogens (primary N) is 1. The number of thiazole rings is 2. The second-order valence-corrected chi connectivity index (χ2v) is 10.7. The van der Waals surface area contributed by atoms with Gasteiger partial charge in [0.15, 0.2) is 30.0 Å². The van der Waals surface area contributed by atoms with Crippen molar-refractivity contribution in [2.45, 2.75) is 22.3 Å². The fourth-order valence-electron chi connectivity index (χ4n) is 1.09. The van der Waals surface area contributed by atoms with Crippen LogP contribution >= 0.6 is 33.4 Å². The molecule has 2 aromatic rings. The quantitative estimate of drug-likeness (QED) is 0.560. The number of hydrogen-bond acceptors (Lipinski definition) is 10. The standard InChI is InChI=1S/C5H4ClNO3S2.C5H6N2O3S2/c2*1-3(8)5-7-2-4(11-5)12(6,9)10/h2H,1H3;2H,1H3,(H2,6,9,10). The number of carbonyl (C=O) groups excluding carboxylic acids is 2. The van der Waals surface area contributed by atoms with Crippen LogP contribution in [0.1, 0.15) is 33.5 Å². The minimum absolute atomic E-state index is 0.0901. The fraction of sp³-hybridized carbons (Fsp3) is 0.200. The van der Waals surface area contributed by atoms with Gasteiger partial charge in [0, 0.05) is 24.5 Å². The van der Waals surface area contributed by atoms with E-state index in [0.717, 1.165) is 35.1 Å². The molecular formula is C10H10ClN3O6S4. The lowest BCUT2D eigenvalue weighted by Gasteiger charge is -1.86. The molecule has 0 aliphatic carbocycles. The second-order valence-electron chi connectivity index (χ2n) is 4.06. The van der Waals surface area contributed by atoms with E-state index in [-0.39, 0.29) is 30.0 Å². The second kappa shape index (κ2) is 7.76. The first-order valence-corrected chi connectivity index (χ1v) is 11.2. The molecule has 2 rings (SSSR count). The zero-order valence-electron chi connectivity index (χ0n) is 12.1. The van der Waals surface area contributed by atoms with Crippen molar-refractivity contribution in [3.63, 3.8) is 0 Å². The molecule has 2 heterocycles. The minimum atomic E-state index is -3.74. The zero-order valence-corrected chi connectivity index (χ0v) is 16.1. The van der Waals surface area contributed by atoms with Crippen molar-refractivity contribution in [3.8, 4) is 0 Å². The average Bonchev–Trinajstić information content (AvgIpc) is 3.08. The first-order valence-electron chi connectivity index (χ1n) is 5.73. The summed E-state index contributed by atoms with van der Waals surface area (Å²) in [6.45, 7) is 2.62. The van der Waals surface area contributed by atoms with Gasteiger partial charge in [0.1, 0.15) is 0 Å². The molecule has 0 spiro atoms. The van der Waals surface area contributed by atoms with Gasteiger partial charge < -0.3 is 0 Å². The van der Waals surface area contributed by atoms with E-state index in [9.17, 15) is 26.4 Å². The molecule has 132 valence electrons. The molecule has 14 heteroatoms. The summed E-state index contributed by atoms with van der Waals surface area (Å²) in [5.41, 5.74) is 0. The van der Waals surface area contributed by atoms with Crippen molar-refractivity contribution in [2.24, 2.45) is 5.14 Å². The minimum Gasteiger partial charge on any atom is -0.292 e. The van der Waals surface area contributed by atoms with Crippen molar-refractivity contribution in [3.05, 3.63) is 22.4 Å². The number of primary sulfonamides is 1. The number of aromatic nitrogens is 2. The summed E-state index contributed by atoms with van der Waals surface area (Å²) in [4.78, 5) is 28.6. The summed E-state index contributed by atoms with van der Waals surface area (Å²) >= 11 is 1.54. The maximum Gasteiger partial charge on any atom is 0.272 e. The van der Waals surface area contributed by atoms with Gasteiger partial charge in [0.05, 0.1) is 12.4 Å². The number of nitrogens with zero attached hydrogens (tertiary/aromatic N) is 2. The van der Waals surface area contributed by atoms with Crippen LogP contribution in [0.15, 0.2) is 20.8 Å². The number of carbonyl (C=O) groups is 2. The van der Waals surface area contributed by atoms with Crippen LogP contribution in [-0.2, 0) is 19.1 Å². The Morgan fingerprint density at radius 1 is 0.958 bits per heavy atom. The monoisotopic (exact) mass is 431 g/mol. The molecular weight excluding hydrogens is 422 g/mol. The maximum absolute atomic E-state index is 10.7. The summed E-state index contributed by atoms with van der Waals surface area (Å²) in [6, 6.07) is 0. The first kappa shape index (κ1) is 20.8. The lowest BCUT2D eigenvalue weighted by Crippen LogP contribution is -2.09. The Kier molecular flexibility index (Phi) is 6.72. The van der Waals surface area contributed by atoms with Crippen LogP contribution in [0.25, 0.3) is 0 Å². The lowest BCUT2D eigenvalue weighted by atomic mass is 10.5. The normalized spacial score (nSPS) is 11.5. The molecule has 0 aromatic carbocycles. The SMILES string of the molecule is CC(=O)c1ncc(S(=O)(=O)Cl)s1.CC(=O)c1ncc(S(N)(=O)=O)s1. The molecule has 0 radical (unpaired) electrons. The third-order valence-corrected chi connectivity index (χ3v) is 7.76. The van der Waals surface area contributed by atoms with E-state index in [1.54, 1.807) is 0 Å². The van der Waals surface area contributed by atoms with Crippen molar-refractivity contribution in [2.75, 3.05) is 0 Å². The number of Topliss-reactive ketones (excluding diaryl/α,β-unsaturated/α-hetero) is 2. The molecule has 0 saturated carbocycles. The Morgan fingerprint density at radius 3 is 1.54 bits per heavy atom. The van der Waals surface area contributed by atoms with E-state index in [1.165, 1.54) is 13.8 Å². The van der Waals surface area contributed by atoms with Gasteiger partial charge in [-0.1, -0.05) is 22.7 Å². The highest BCUT2D eigenvalue weighted by molar-refractivity contribution is 8.15. The Bertz CT molecular complexity index is 896. The van der Waals surface area contributed by atoms with Crippen LogP contribution in [0.2, 0.25) is 0 Å². The predicted molar refractivity (Wildman–Crippen MR) is 88.6 cm³/mol. The van der Waals surface area contributed by atoms with Gasteiger partial charge in [-0.3, -0.25) is 9.59 Å². The van der Waals surface area contributed by atoms with Crippen molar-refractivity contribution < 1.29 is 26.4 Å². The Morgan fingerprint density at radius 2 is 1.33 bits per heavy atom. The molecule has 0 aliphatic rings. The van der Waals surface area contributed by atoms with Gasteiger partial charge in [0.2, 0.25) is 10.0 Å². The highest BCUT2D eigenvalue weighted by Crippen LogP contribution is 2.22. The topological polar surface area (TPSA) is 154 Å². The van der Waals surface area contributed by atoms with Crippen LogP contribution in [0.5, 0.6) is 0 Å². The lowest BCUT2D eigenvalue weighted by molar-refractivity contribution is 0.100. The van der Waals surface area contributed by atoms with Crippen LogP contribution in [0.3, 0.4) is 0 Å². The third-order valence-electron chi connectivity index (χ3n) is 2.09. The summed E-state index contributed by atoms with van der Waals surface area (Å²) in [6.07, 6.45) is 2.15. The number of ketones is 2. The fourth-order valence-corrected chi connectivity index (χ4v) is 4.30. The molecule has 24 heavy (non-hydrogen) atoms. The largest absolute Gasteiger partial charge is 0.292 e. The van der Waals surface area contributed by atoms with E-state index in [1.807, 2.05) is 0 Å². The smallest absolute Gasteiger partial charge is 0.272 e. The van der Waals surface area contributed by atoms with Crippen LogP contribution in [-0.4, -0.2) is 38.4 Å². The molecule has 9 nitrogen and oxygen atoms in total. The van der Waals surface area contributed by atoms with E-state index in [0.29, 0.717) is 0 Å². The highest BCUT2D eigenvalue weighted by atomic mass is 35.7.